The van der Waals surface area contributed by atoms with Gasteiger partial charge in [0.15, 0.2) is 6.10 Å². The lowest BCUT2D eigenvalue weighted by atomic mass is 10.2. The molecule has 98 valence electrons. The van der Waals surface area contributed by atoms with Crippen molar-refractivity contribution >= 4 is 43.8 Å². The van der Waals surface area contributed by atoms with Crippen LogP contribution in [0.5, 0.6) is 5.75 Å². The fourth-order valence-corrected chi connectivity index (χ4v) is 2.56. The van der Waals surface area contributed by atoms with Crippen molar-refractivity contribution in [2.75, 3.05) is 7.11 Å². The molecular weight excluding hydrogens is 372 g/mol. The summed E-state index contributed by atoms with van der Waals surface area (Å²) in [6.45, 7) is 1.54. The zero-order valence-electron chi connectivity index (χ0n) is 9.57. The summed E-state index contributed by atoms with van der Waals surface area (Å²) in [5.41, 5.74) is 0.104. The molecule has 0 aliphatic carbocycles. The molecule has 0 saturated carbocycles. The fourth-order valence-electron chi connectivity index (χ4n) is 1.19. The first kappa shape index (κ1) is 15.0. The maximum absolute atomic E-state index is 11.2. The number of esters is 1. The van der Waals surface area contributed by atoms with E-state index in [2.05, 4.69) is 36.6 Å². The van der Waals surface area contributed by atoms with Gasteiger partial charge in [0.2, 0.25) is 0 Å². The molecule has 0 bridgehead atoms. The van der Waals surface area contributed by atoms with Crippen molar-refractivity contribution in [1.82, 2.24) is 0 Å². The van der Waals surface area contributed by atoms with Crippen molar-refractivity contribution in [2.24, 2.45) is 0 Å². The molecule has 1 aromatic rings. The maximum atomic E-state index is 11.2. The van der Waals surface area contributed by atoms with E-state index < -0.39 is 18.0 Å². The van der Waals surface area contributed by atoms with Crippen molar-refractivity contribution in [1.29, 1.82) is 0 Å². The molecule has 0 aliphatic rings. The number of methoxy groups -OCH3 is 1. The van der Waals surface area contributed by atoms with Gasteiger partial charge < -0.3 is 14.6 Å². The molecule has 0 aliphatic heterocycles. The van der Waals surface area contributed by atoms with E-state index >= 15 is 0 Å². The Balaban J connectivity index is 3.04. The van der Waals surface area contributed by atoms with Gasteiger partial charge in [-0.15, -0.1) is 0 Å². The standard InChI is InChI=1S/C11H10Br2O5/c1-5(11(16)17-2)18-9-7(12)3-6(10(14)15)4-8(9)13/h3-5H,1-2H3,(H,14,15). The molecule has 0 saturated heterocycles. The van der Waals surface area contributed by atoms with Gasteiger partial charge in [-0.3, -0.25) is 0 Å². The van der Waals surface area contributed by atoms with Crippen molar-refractivity contribution in [3.05, 3.63) is 26.6 Å². The summed E-state index contributed by atoms with van der Waals surface area (Å²) in [6.07, 6.45) is -0.793. The van der Waals surface area contributed by atoms with Crippen LogP contribution in [0.25, 0.3) is 0 Å². The summed E-state index contributed by atoms with van der Waals surface area (Å²) in [5, 5.41) is 8.88. The molecular formula is C11H10Br2O5. The third kappa shape index (κ3) is 3.46. The van der Waals surface area contributed by atoms with Gasteiger partial charge in [0, 0.05) is 0 Å². The van der Waals surface area contributed by atoms with Crippen LogP contribution in [0.15, 0.2) is 21.1 Å². The van der Waals surface area contributed by atoms with E-state index in [0.29, 0.717) is 14.7 Å². The van der Waals surface area contributed by atoms with E-state index in [4.69, 9.17) is 9.84 Å². The first-order chi connectivity index (χ1) is 8.36. The quantitative estimate of drug-likeness (QED) is 0.812. The molecule has 7 heteroatoms. The summed E-state index contributed by atoms with van der Waals surface area (Å²) in [6, 6.07) is 2.79. The van der Waals surface area contributed by atoms with E-state index in [9.17, 15) is 9.59 Å². The largest absolute Gasteiger partial charge is 0.478 e. The van der Waals surface area contributed by atoms with Gasteiger partial charge in [0.1, 0.15) is 5.75 Å². The molecule has 0 fully saturated rings. The Bertz CT molecular complexity index is 463. The van der Waals surface area contributed by atoms with E-state index in [-0.39, 0.29) is 5.56 Å². The molecule has 1 unspecified atom stereocenters. The van der Waals surface area contributed by atoms with Crippen LogP contribution >= 0.6 is 31.9 Å². The molecule has 1 aromatic carbocycles. The number of carboxylic acid groups (broad SMARTS) is 1. The van der Waals surface area contributed by atoms with Crippen molar-refractivity contribution < 1.29 is 24.2 Å². The average molecular weight is 382 g/mol. The Hall–Kier alpha value is -1.08. The lowest BCUT2D eigenvalue weighted by Crippen LogP contribution is -2.25. The predicted octanol–water partition coefficient (Wildman–Crippen LogP) is 2.85. The second-order valence-electron chi connectivity index (χ2n) is 3.36. The number of carboxylic acids is 1. The normalized spacial score (nSPS) is 11.8. The van der Waals surface area contributed by atoms with Crippen LogP contribution in [0, 0.1) is 0 Å². The number of ether oxygens (including phenoxy) is 2. The van der Waals surface area contributed by atoms with Gasteiger partial charge >= 0.3 is 11.9 Å². The Morgan fingerprint density at radius 1 is 1.28 bits per heavy atom. The maximum Gasteiger partial charge on any atom is 0.346 e. The van der Waals surface area contributed by atoms with Gasteiger partial charge in [-0.1, -0.05) is 0 Å². The summed E-state index contributed by atoms with van der Waals surface area (Å²) >= 11 is 6.39. The van der Waals surface area contributed by atoms with E-state index in [0.717, 1.165) is 0 Å². The van der Waals surface area contributed by atoms with Gasteiger partial charge in [-0.05, 0) is 50.9 Å². The zero-order chi connectivity index (χ0) is 13.9. The fraction of sp³-hybridized carbons (Fsp3) is 0.273. The first-order valence-electron chi connectivity index (χ1n) is 4.83. The summed E-state index contributed by atoms with van der Waals surface area (Å²) in [5.74, 6) is -1.22. The summed E-state index contributed by atoms with van der Waals surface area (Å²) < 4.78 is 10.8. The first-order valence-corrected chi connectivity index (χ1v) is 6.42. The van der Waals surface area contributed by atoms with Crippen LogP contribution in [-0.4, -0.2) is 30.3 Å². The monoisotopic (exact) mass is 380 g/mol. The second-order valence-corrected chi connectivity index (χ2v) is 5.07. The SMILES string of the molecule is COC(=O)C(C)Oc1c(Br)cc(C(=O)O)cc1Br. The van der Waals surface area contributed by atoms with Crippen LogP contribution < -0.4 is 4.74 Å². The molecule has 18 heavy (non-hydrogen) atoms. The Labute approximate surface area is 120 Å². The number of benzene rings is 1. The number of halogens is 2. The molecule has 0 spiro atoms. The van der Waals surface area contributed by atoms with E-state index in [1.165, 1.54) is 26.2 Å². The topological polar surface area (TPSA) is 72.8 Å². The minimum Gasteiger partial charge on any atom is -0.478 e. The number of carbonyl (C=O) groups excluding carboxylic acids is 1. The third-order valence-corrected chi connectivity index (χ3v) is 3.25. The van der Waals surface area contributed by atoms with Gasteiger partial charge in [-0.2, -0.15) is 0 Å². The lowest BCUT2D eigenvalue weighted by Gasteiger charge is -2.15. The molecule has 0 radical (unpaired) electrons. The smallest absolute Gasteiger partial charge is 0.346 e. The molecule has 5 nitrogen and oxygen atoms in total. The highest BCUT2D eigenvalue weighted by Gasteiger charge is 2.19. The Morgan fingerprint density at radius 2 is 1.78 bits per heavy atom. The molecule has 0 amide bonds. The number of hydrogen-bond acceptors (Lipinski definition) is 4. The number of hydrogen-bond donors (Lipinski definition) is 1. The molecule has 1 N–H and O–H groups in total. The summed E-state index contributed by atoms with van der Waals surface area (Å²) in [4.78, 5) is 22.1. The Morgan fingerprint density at radius 3 is 2.17 bits per heavy atom. The van der Waals surface area contributed by atoms with E-state index in [1.807, 2.05) is 0 Å². The third-order valence-electron chi connectivity index (χ3n) is 2.07. The van der Waals surface area contributed by atoms with Gasteiger partial charge in [-0.25, -0.2) is 9.59 Å². The zero-order valence-corrected chi connectivity index (χ0v) is 12.7. The minimum absolute atomic E-state index is 0.104. The second kappa shape index (κ2) is 6.19. The molecule has 1 atom stereocenters. The van der Waals surface area contributed by atoms with Crippen molar-refractivity contribution in [3.8, 4) is 5.75 Å². The van der Waals surface area contributed by atoms with Crippen molar-refractivity contribution in [3.63, 3.8) is 0 Å². The number of rotatable bonds is 4. The molecule has 0 heterocycles. The van der Waals surface area contributed by atoms with Gasteiger partial charge in [0.05, 0.1) is 21.6 Å². The minimum atomic E-state index is -1.05. The van der Waals surface area contributed by atoms with Crippen LogP contribution in [0.4, 0.5) is 0 Å². The Kier molecular flexibility index (Phi) is 5.15. The van der Waals surface area contributed by atoms with Crippen LogP contribution in [0.2, 0.25) is 0 Å². The molecule has 0 aromatic heterocycles. The van der Waals surface area contributed by atoms with Crippen LogP contribution in [0.1, 0.15) is 17.3 Å². The van der Waals surface area contributed by atoms with Crippen LogP contribution in [-0.2, 0) is 9.53 Å². The number of carbonyl (C=O) groups is 2. The average Bonchev–Trinajstić information content (AvgIpc) is 2.31. The highest BCUT2D eigenvalue weighted by molar-refractivity contribution is 9.11. The number of aromatic carboxylic acids is 1. The summed E-state index contributed by atoms with van der Waals surface area (Å²) in [7, 11) is 1.26. The van der Waals surface area contributed by atoms with Crippen molar-refractivity contribution in [2.45, 2.75) is 13.0 Å². The lowest BCUT2D eigenvalue weighted by molar-refractivity contribution is -0.147. The predicted molar refractivity (Wildman–Crippen MR) is 70.9 cm³/mol. The van der Waals surface area contributed by atoms with Crippen LogP contribution in [0.3, 0.4) is 0 Å². The molecule has 1 rings (SSSR count). The highest BCUT2D eigenvalue weighted by atomic mass is 79.9. The highest BCUT2D eigenvalue weighted by Crippen LogP contribution is 2.35. The van der Waals surface area contributed by atoms with Gasteiger partial charge in [0.25, 0.3) is 0 Å². The van der Waals surface area contributed by atoms with E-state index in [1.54, 1.807) is 0 Å².